The van der Waals surface area contributed by atoms with Crippen LogP contribution in [0.1, 0.15) is 12.5 Å². The fraction of sp³-hybridized carbons (Fsp3) is 0.125. The number of hydrogen-bond acceptors (Lipinski definition) is 5. The van der Waals surface area contributed by atoms with Gasteiger partial charge in [-0.1, -0.05) is 23.5 Å². The first-order valence-electron chi connectivity index (χ1n) is 7.24. The minimum atomic E-state index is -2.95. The zero-order chi connectivity index (χ0) is 17.6. The molecule has 0 aliphatic rings. The zero-order valence-electron chi connectivity index (χ0n) is 12.8. The van der Waals surface area contributed by atoms with E-state index >= 15 is 0 Å². The van der Waals surface area contributed by atoms with E-state index in [0.717, 1.165) is 23.2 Å². The van der Waals surface area contributed by atoms with E-state index < -0.39 is 11.1 Å². The van der Waals surface area contributed by atoms with E-state index in [9.17, 15) is 13.2 Å². The van der Waals surface area contributed by atoms with Gasteiger partial charge in [0.15, 0.2) is 10.1 Å². The second-order valence-electron chi connectivity index (χ2n) is 5.43. The molecule has 9 heteroatoms. The maximum atomic E-state index is 14.3. The van der Waals surface area contributed by atoms with Crippen LogP contribution in [0.3, 0.4) is 0 Å². The van der Waals surface area contributed by atoms with Crippen molar-refractivity contribution in [2.24, 2.45) is 0 Å². The standard InChI is InChI=1S/C16H11F3N4S2/c1-16(18,19)9-3-2-4-10(7-9)21-14-22-12(13(17)25-14)11-8-20-15-23(11)5-6-24-15/h2-8H,1H3,(H,21,22). The van der Waals surface area contributed by atoms with Gasteiger partial charge in [0.05, 0.1) is 11.9 Å². The van der Waals surface area contributed by atoms with Crippen LogP contribution in [-0.4, -0.2) is 14.4 Å². The summed E-state index contributed by atoms with van der Waals surface area (Å²) in [4.78, 5) is 9.21. The Morgan fingerprint density at radius 2 is 2.12 bits per heavy atom. The van der Waals surface area contributed by atoms with Crippen LogP contribution in [0.2, 0.25) is 0 Å². The predicted molar refractivity (Wildman–Crippen MR) is 93.4 cm³/mol. The lowest BCUT2D eigenvalue weighted by Crippen LogP contribution is -2.07. The van der Waals surface area contributed by atoms with Crippen LogP contribution in [-0.2, 0) is 5.92 Å². The van der Waals surface area contributed by atoms with E-state index in [0.29, 0.717) is 11.4 Å². The molecule has 0 saturated carbocycles. The number of thiazole rings is 2. The minimum absolute atomic E-state index is 0.120. The first-order chi connectivity index (χ1) is 11.9. The van der Waals surface area contributed by atoms with Gasteiger partial charge in [0, 0.05) is 29.8 Å². The van der Waals surface area contributed by atoms with E-state index in [1.807, 2.05) is 5.38 Å². The summed E-state index contributed by atoms with van der Waals surface area (Å²) < 4.78 is 43.0. The van der Waals surface area contributed by atoms with Gasteiger partial charge >= 0.3 is 0 Å². The fourth-order valence-corrected chi connectivity index (χ4v) is 3.82. The van der Waals surface area contributed by atoms with E-state index in [4.69, 9.17) is 0 Å². The number of benzene rings is 1. The van der Waals surface area contributed by atoms with Crippen LogP contribution >= 0.6 is 22.7 Å². The summed E-state index contributed by atoms with van der Waals surface area (Å²) in [6, 6.07) is 5.82. The van der Waals surface area contributed by atoms with Gasteiger partial charge in [-0.2, -0.15) is 4.39 Å². The van der Waals surface area contributed by atoms with Crippen molar-refractivity contribution in [2.75, 3.05) is 5.32 Å². The van der Waals surface area contributed by atoms with Gasteiger partial charge in [-0.05, 0) is 12.1 Å². The van der Waals surface area contributed by atoms with Crippen molar-refractivity contribution in [1.29, 1.82) is 0 Å². The molecule has 0 atom stereocenters. The molecule has 0 unspecified atom stereocenters. The average Bonchev–Trinajstić information content (AvgIpc) is 3.22. The van der Waals surface area contributed by atoms with Gasteiger partial charge in [0.2, 0.25) is 5.13 Å². The summed E-state index contributed by atoms with van der Waals surface area (Å²) in [7, 11) is 0. The molecule has 3 heterocycles. The number of anilines is 2. The highest BCUT2D eigenvalue weighted by molar-refractivity contribution is 7.15. The Labute approximate surface area is 148 Å². The lowest BCUT2D eigenvalue weighted by atomic mass is 10.1. The molecule has 0 spiro atoms. The van der Waals surface area contributed by atoms with Crippen LogP contribution in [0.15, 0.2) is 42.0 Å². The molecular weight excluding hydrogens is 369 g/mol. The van der Waals surface area contributed by atoms with Gasteiger partial charge in [-0.25, -0.2) is 18.7 Å². The quantitative estimate of drug-likeness (QED) is 0.507. The first kappa shape index (κ1) is 16.1. The van der Waals surface area contributed by atoms with Crippen LogP contribution < -0.4 is 5.32 Å². The Kier molecular flexibility index (Phi) is 3.77. The lowest BCUT2D eigenvalue weighted by Gasteiger charge is -2.12. The molecule has 0 fully saturated rings. The highest BCUT2D eigenvalue weighted by Crippen LogP contribution is 2.34. The number of hydrogen-bond donors (Lipinski definition) is 1. The minimum Gasteiger partial charge on any atom is -0.331 e. The summed E-state index contributed by atoms with van der Waals surface area (Å²) in [6.45, 7) is 0.832. The van der Waals surface area contributed by atoms with Gasteiger partial charge < -0.3 is 5.32 Å². The van der Waals surface area contributed by atoms with Crippen molar-refractivity contribution in [3.05, 3.63) is 52.7 Å². The second-order valence-corrected chi connectivity index (χ2v) is 7.26. The Morgan fingerprint density at radius 1 is 1.28 bits per heavy atom. The lowest BCUT2D eigenvalue weighted by molar-refractivity contribution is 0.0175. The number of imidazole rings is 1. The number of aromatic nitrogens is 3. The molecule has 4 nitrogen and oxygen atoms in total. The number of alkyl halides is 2. The highest BCUT2D eigenvalue weighted by Gasteiger charge is 2.24. The number of rotatable bonds is 4. The summed E-state index contributed by atoms with van der Waals surface area (Å²) >= 11 is 2.26. The molecule has 25 heavy (non-hydrogen) atoms. The third-order valence-corrected chi connectivity index (χ3v) is 5.13. The van der Waals surface area contributed by atoms with E-state index in [2.05, 4.69) is 15.3 Å². The molecule has 0 bridgehead atoms. The maximum absolute atomic E-state index is 14.3. The average molecular weight is 380 g/mol. The molecule has 1 aromatic carbocycles. The molecule has 0 radical (unpaired) electrons. The van der Waals surface area contributed by atoms with Crippen molar-refractivity contribution in [2.45, 2.75) is 12.8 Å². The predicted octanol–water partition coefficient (Wildman–Crippen LogP) is 5.51. The summed E-state index contributed by atoms with van der Waals surface area (Å²) in [6.07, 6.45) is 3.35. The van der Waals surface area contributed by atoms with Gasteiger partial charge in [-0.15, -0.1) is 11.3 Å². The normalized spacial score (nSPS) is 12.0. The molecule has 0 aliphatic carbocycles. The monoisotopic (exact) mass is 380 g/mol. The van der Waals surface area contributed by atoms with Gasteiger partial charge in [0.1, 0.15) is 5.69 Å². The van der Waals surface area contributed by atoms with E-state index in [-0.39, 0.29) is 16.4 Å². The third kappa shape index (κ3) is 3.00. The molecule has 0 amide bonds. The SMILES string of the molecule is CC(F)(F)c1cccc(Nc2nc(-c3cnc4sccn34)c(F)s2)c1. The van der Waals surface area contributed by atoms with Gasteiger partial charge in [0.25, 0.3) is 5.92 Å². The number of halogens is 3. The summed E-state index contributed by atoms with van der Waals surface area (Å²) in [5.41, 5.74) is 1.03. The van der Waals surface area contributed by atoms with Crippen molar-refractivity contribution in [3.63, 3.8) is 0 Å². The summed E-state index contributed by atoms with van der Waals surface area (Å²) in [5.74, 6) is -2.95. The fourth-order valence-electron chi connectivity index (χ4n) is 2.41. The van der Waals surface area contributed by atoms with Crippen LogP contribution in [0.25, 0.3) is 16.3 Å². The molecule has 1 N–H and O–H groups in total. The van der Waals surface area contributed by atoms with Crippen LogP contribution in [0.4, 0.5) is 24.0 Å². The second kappa shape index (κ2) is 5.85. The molecule has 0 aliphatic heterocycles. The molecular formula is C16H11F3N4S2. The van der Waals surface area contributed by atoms with Gasteiger partial charge in [-0.3, -0.25) is 4.40 Å². The number of fused-ring (bicyclic) bond motifs is 1. The molecule has 4 aromatic rings. The van der Waals surface area contributed by atoms with Crippen molar-refractivity contribution < 1.29 is 13.2 Å². The smallest absolute Gasteiger partial charge is 0.270 e. The van der Waals surface area contributed by atoms with Crippen molar-refractivity contribution in [3.8, 4) is 11.4 Å². The highest BCUT2D eigenvalue weighted by atomic mass is 32.1. The topological polar surface area (TPSA) is 42.2 Å². The Balaban J connectivity index is 1.66. The first-order valence-corrected chi connectivity index (χ1v) is 8.94. The Hall–Kier alpha value is -2.39. The largest absolute Gasteiger partial charge is 0.331 e. The number of nitrogens with zero attached hydrogens (tertiary/aromatic N) is 3. The summed E-state index contributed by atoms with van der Waals surface area (Å²) in [5, 5.41) is 4.56. The van der Waals surface area contributed by atoms with Crippen LogP contribution in [0.5, 0.6) is 0 Å². The number of nitrogens with one attached hydrogen (secondary N) is 1. The maximum Gasteiger partial charge on any atom is 0.270 e. The Bertz CT molecular complexity index is 1050. The molecule has 4 rings (SSSR count). The molecule has 0 saturated heterocycles. The van der Waals surface area contributed by atoms with Crippen molar-refractivity contribution in [1.82, 2.24) is 14.4 Å². The Morgan fingerprint density at radius 3 is 2.92 bits per heavy atom. The molecule has 3 aromatic heterocycles. The van der Waals surface area contributed by atoms with Crippen LogP contribution in [0, 0.1) is 5.13 Å². The van der Waals surface area contributed by atoms with E-state index in [1.165, 1.54) is 29.5 Å². The van der Waals surface area contributed by atoms with Crippen molar-refractivity contribution >= 4 is 38.5 Å². The third-order valence-electron chi connectivity index (χ3n) is 3.60. The molecule has 128 valence electrons. The zero-order valence-corrected chi connectivity index (χ0v) is 14.5. The van der Waals surface area contributed by atoms with E-state index in [1.54, 1.807) is 22.9 Å².